The molecule has 0 atom stereocenters. The molecule has 1 aromatic rings. The highest BCUT2D eigenvalue weighted by Crippen LogP contribution is 2.06. The fraction of sp³-hybridized carbons (Fsp3) is 0.429. The molecule has 0 bridgehead atoms. The molecule has 94 valence electrons. The predicted molar refractivity (Wildman–Crippen MR) is 69.5 cm³/mol. The molecule has 1 saturated heterocycles. The summed E-state index contributed by atoms with van der Waals surface area (Å²) in [5, 5.41) is 0. The summed E-state index contributed by atoms with van der Waals surface area (Å²) in [4.78, 5) is 20.0. The number of nitrogens with zero attached hydrogens (tertiary/aromatic N) is 3. The van der Waals surface area contributed by atoms with Gasteiger partial charge in [-0.3, -0.25) is 14.7 Å². The number of pyridine rings is 1. The van der Waals surface area contributed by atoms with E-state index in [-0.39, 0.29) is 5.91 Å². The Balaban J connectivity index is 1.83. The van der Waals surface area contributed by atoms with Crippen molar-refractivity contribution in [2.75, 3.05) is 26.2 Å². The minimum Gasteiger partial charge on any atom is -0.329 e. The first kappa shape index (κ1) is 12.6. The second kappa shape index (κ2) is 6.18. The molecule has 0 radical (unpaired) electrons. The van der Waals surface area contributed by atoms with Crippen molar-refractivity contribution in [3.8, 4) is 11.8 Å². The van der Waals surface area contributed by atoms with Crippen molar-refractivity contribution >= 4 is 5.91 Å². The first-order valence-electron chi connectivity index (χ1n) is 6.13. The Morgan fingerprint density at radius 1 is 1.33 bits per heavy atom. The van der Waals surface area contributed by atoms with Gasteiger partial charge in [-0.2, -0.15) is 0 Å². The van der Waals surface area contributed by atoms with Crippen molar-refractivity contribution in [3.05, 3.63) is 30.1 Å². The number of carbonyl (C=O) groups is 1. The zero-order chi connectivity index (χ0) is 12.8. The SMILES string of the molecule is CC#CC(=O)N1CCN(Cc2ccccn2)CC1. The van der Waals surface area contributed by atoms with Gasteiger partial charge in [0.15, 0.2) is 0 Å². The van der Waals surface area contributed by atoms with Gasteiger partial charge in [0.25, 0.3) is 5.91 Å². The van der Waals surface area contributed by atoms with Crippen LogP contribution in [0.3, 0.4) is 0 Å². The summed E-state index contributed by atoms with van der Waals surface area (Å²) < 4.78 is 0. The largest absolute Gasteiger partial charge is 0.329 e. The van der Waals surface area contributed by atoms with Crippen molar-refractivity contribution in [1.82, 2.24) is 14.8 Å². The van der Waals surface area contributed by atoms with Gasteiger partial charge >= 0.3 is 0 Å². The Morgan fingerprint density at radius 3 is 2.72 bits per heavy atom. The number of amides is 1. The molecular weight excluding hydrogens is 226 g/mol. The van der Waals surface area contributed by atoms with E-state index in [0.717, 1.165) is 38.4 Å². The Labute approximate surface area is 108 Å². The van der Waals surface area contributed by atoms with E-state index in [4.69, 9.17) is 0 Å². The van der Waals surface area contributed by atoms with Crippen LogP contribution in [0, 0.1) is 11.8 Å². The lowest BCUT2D eigenvalue weighted by molar-refractivity contribution is -0.126. The van der Waals surface area contributed by atoms with E-state index in [9.17, 15) is 4.79 Å². The van der Waals surface area contributed by atoms with Crippen LogP contribution in [0.25, 0.3) is 0 Å². The Hall–Kier alpha value is -1.86. The van der Waals surface area contributed by atoms with E-state index in [2.05, 4.69) is 21.7 Å². The van der Waals surface area contributed by atoms with Gasteiger partial charge in [-0.15, -0.1) is 0 Å². The third-order valence-corrected chi connectivity index (χ3v) is 3.00. The van der Waals surface area contributed by atoms with Crippen LogP contribution in [0.1, 0.15) is 12.6 Å². The van der Waals surface area contributed by atoms with Gasteiger partial charge in [0.1, 0.15) is 0 Å². The fourth-order valence-electron chi connectivity index (χ4n) is 2.02. The van der Waals surface area contributed by atoms with Crippen LogP contribution in [0.5, 0.6) is 0 Å². The van der Waals surface area contributed by atoms with Crippen LogP contribution in [0.15, 0.2) is 24.4 Å². The highest BCUT2D eigenvalue weighted by atomic mass is 16.2. The van der Waals surface area contributed by atoms with Gasteiger partial charge in [-0.1, -0.05) is 12.0 Å². The summed E-state index contributed by atoms with van der Waals surface area (Å²) >= 11 is 0. The van der Waals surface area contributed by atoms with Crippen LogP contribution in [0.4, 0.5) is 0 Å². The van der Waals surface area contributed by atoms with Crippen molar-refractivity contribution in [1.29, 1.82) is 0 Å². The molecule has 0 spiro atoms. The van der Waals surface area contributed by atoms with Gasteiger partial charge < -0.3 is 4.90 Å². The maximum absolute atomic E-state index is 11.6. The van der Waals surface area contributed by atoms with Gasteiger partial charge in [-0.25, -0.2) is 0 Å². The molecule has 4 nitrogen and oxygen atoms in total. The lowest BCUT2D eigenvalue weighted by Crippen LogP contribution is -2.48. The zero-order valence-electron chi connectivity index (χ0n) is 10.6. The number of aromatic nitrogens is 1. The first-order chi connectivity index (χ1) is 8.79. The van der Waals surface area contributed by atoms with E-state index < -0.39 is 0 Å². The van der Waals surface area contributed by atoms with Crippen LogP contribution in [-0.4, -0.2) is 46.9 Å². The lowest BCUT2D eigenvalue weighted by atomic mass is 10.2. The molecule has 4 heteroatoms. The van der Waals surface area contributed by atoms with Crippen LogP contribution in [0.2, 0.25) is 0 Å². The number of rotatable bonds is 2. The molecule has 1 aliphatic rings. The van der Waals surface area contributed by atoms with Crippen molar-refractivity contribution in [3.63, 3.8) is 0 Å². The summed E-state index contributed by atoms with van der Waals surface area (Å²) in [6, 6.07) is 5.95. The lowest BCUT2D eigenvalue weighted by Gasteiger charge is -2.33. The van der Waals surface area contributed by atoms with Crippen LogP contribution >= 0.6 is 0 Å². The molecule has 1 aromatic heterocycles. The quantitative estimate of drug-likeness (QED) is 0.719. The van der Waals surface area contributed by atoms with Gasteiger partial charge in [0.05, 0.1) is 5.69 Å². The average Bonchev–Trinajstić information content (AvgIpc) is 2.41. The van der Waals surface area contributed by atoms with Crippen molar-refractivity contribution < 1.29 is 4.79 Å². The standard InChI is InChI=1S/C14H17N3O/c1-2-5-14(18)17-10-8-16(9-11-17)12-13-6-3-4-7-15-13/h3-4,6-7H,8-12H2,1H3. The smallest absolute Gasteiger partial charge is 0.298 e. The molecule has 1 aliphatic heterocycles. The number of hydrogen-bond acceptors (Lipinski definition) is 3. The van der Waals surface area contributed by atoms with Crippen LogP contribution < -0.4 is 0 Å². The fourth-order valence-corrected chi connectivity index (χ4v) is 2.02. The van der Waals surface area contributed by atoms with E-state index in [1.54, 1.807) is 6.92 Å². The van der Waals surface area contributed by atoms with Gasteiger partial charge in [-0.05, 0) is 25.0 Å². The van der Waals surface area contributed by atoms with E-state index in [1.807, 2.05) is 29.3 Å². The van der Waals surface area contributed by atoms with Crippen molar-refractivity contribution in [2.24, 2.45) is 0 Å². The highest BCUT2D eigenvalue weighted by molar-refractivity contribution is 5.93. The third-order valence-electron chi connectivity index (χ3n) is 3.00. The average molecular weight is 243 g/mol. The molecule has 18 heavy (non-hydrogen) atoms. The highest BCUT2D eigenvalue weighted by Gasteiger charge is 2.19. The summed E-state index contributed by atoms with van der Waals surface area (Å²) in [6.07, 6.45) is 1.81. The molecule has 1 amide bonds. The predicted octanol–water partition coefficient (Wildman–Crippen LogP) is 0.749. The Morgan fingerprint density at radius 2 is 2.11 bits per heavy atom. The van der Waals surface area contributed by atoms with E-state index in [1.165, 1.54) is 0 Å². The Bertz CT molecular complexity index is 453. The molecule has 0 unspecified atom stereocenters. The van der Waals surface area contributed by atoms with Gasteiger partial charge in [0, 0.05) is 38.9 Å². The monoisotopic (exact) mass is 243 g/mol. The second-order valence-corrected chi connectivity index (χ2v) is 4.26. The normalized spacial score (nSPS) is 15.9. The molecule has 1 fully saturated rings. The Kier molecular flexibility index (Phi) is 4.32. The molecule has 0 N–H and O–H groups in total. The molecule has 2 rings (SSSR count). The third kappa shape index (κ3) is 3.31. The minimum absolute atomic E-state index is 0.0602. The molecule has 0 aromatic carbocycles. The number of hydrogen-bond donors (Lipinski definition) is 0. The molecule has 0 aliphatic carbocycles. The van der Waals surface area contributed by atoms with Crippen molar-refractivity contribution in [2.45, 2.75) is 13.5 Å². The zero-order valence-corrected chi connectivity index (χ0v) is 10.6. The molecule has 2 heterocycles. The minimum atomic E-state index is -0.0602. The van der Waals surface area contributed by atoms with Crippen LogP contribution in [-0.2, 0) is 11.3 Å². The maximum Gasteiger partial charge on any atom is 0.298 e. The maximum atomic E-state index is 11.6. The summed E-state index contributed by atoms with van der Waals surface area (Å²) in [6.45, 7) is 5.81. The second-order valence-electron chi connectivity index (χ2n) is 4.26. The number of piperazine rings is 1. The summed E-state index contributed by atoms with van der Waals surface area (Å²) in [7, 11) is 0. The summed E-state index contributed by atoms with van der Waals surface area (Å²) in [5.41, 5.74) is 1.07. The molecule has 0 saturated carbocycles. The topological polar surface area (TPSA) is 36.4 Å². The first-order valence-corrected chi connectivity index (χ1v) is 6.13. The number of carbonyl (C=O) groups excluding carboxylic acids is 1. The van der Waals surface area contributed by atoms with Gasteiger partial charge in [0.2, 0.25) is 0 Å². The summed E-state index contributed by atoms with van der Waals surface area (Å²) in [5.74, 6) is 5.18. The van der Waals surface area contributed by atoms with E-state index >= 15 is 0 Å². The molecular formula is C14H17N3O. The van der Waals surface area contributed by atoms with E-state index in [0.29, 0.717) is 0 Å².